The van der Waals surface area contributed by atoms with Gasteiger partial charge >= 0.3 is 0 Å². The maximum absolute atomic E-state index is 13.5. The van der Waals surface area contributed by atoms with Crippen LogP contribution in [0.3, 0.4) is 0 Å². The second kappa shape index (κ2) is 5.52. The molecule has 21 heavy (non-hydrogen) atoms. The van der Waals surface area contributed by atoms with E-state index in [1.807, 2.05) is 4.90 Å². The molecular weight excluding hydrogens is 277 g/mol. The molecule has 1 heterocycles. The van der Waals surface area contributed by atoms with Crippen LogP contribution in [0.5, 0.6) is 0 Å². The van der Waals surface area contributed by atoms with Gasteiger partial charge in [0.1, 0.15) is 0 Å². The molecule has 0 radical (unpaired) electrons. The second-order valence-electron chi connectivity index (χ2n) is 6.28. The van der Waals surface area contributed by atoms with Gasteiger partial charge in [-0.15, -0.1) is 0 Å². The van der Waals surface area contributed by atoms with Gasteiger partial charge in [0.05, 0.1) is 0 Å². The summed E-state index contributed by atoms with van der Waals surface area (Å²) >= 11 is 0. The first-order valence-corrected chi connectivity index (χ1v) is 7.71. The van der Waals surface area contributed by atoms with Gasteiger partial charge < -0.3 is 10.2 Å². The van der Waals surface area contributed by atoms with Crippen molar-refractivity contribution in [2.24, 2.45) is 0 Å². The summed E-state index contributed by atoms with van der Waals surface area (Å²) in [6, 6.07) is 2.42. The Morgan fingerprint density at radius 1 is 1.19 bits per heavy atom. The van der Waals surface area contributed by atoms with Gasteiger partial charge in [0.15, 0.2) is 17.5 Å². The van der Waals surface area contributed by atoms with Crippen molar-refractivity contribution in [3.05, 3.63) is 29.6 Å². The third kappa shape index (κ3) is 2.63. The average Bonchev–Trinajstić information content (AvgIpc) is 2.92. The summed E-state index contributed by atoms with van der Waals surface area (Å²) in [5, 5.41) is 3.63. The van der Waals surface area contributed by atoms with Crippen LogP contribution in [-0.2, 0) is 0 Å². The Morgan fingerprint density at radius 3 is 2.38 bits per heavy atom. The van der Waals surface area contributed by atoms with E-state index in [4.69, 9.17) is 0 Å². The van der Waals surface area contributed by atoms with Crippen molar-refractivity contribution in [1.29, 1.82) is 0 Å². The highest BCUT2D eigenvalue weighted by Gasteiger charge is 2.41. The molecule has 0 amide bonds. The van der Waals surface area contributed by atoms with Gasteiger partial charge in [-0.25, -0.2) is 13.2 Å². The van der Waals surface area contributed by atoms with E-state index >= 15 is 0 Å². The van der Waals surface area contributed by atoms with Gasteiger partial charge in [-0.05, 0) is 19.3 Å². The Bertz CT molecular complexity index is 503. The molecule has 1 aliphatic carbocycles. The molecule has 1 aromatic rings. The predicted molar refractivity (Wildman–Crippen MR) is 76.9 cm³/mol. The molecule has 1 unspecified atom stereocenters. The van der Waals surface area contributed by atoms with Gasteiger partial charge in [-0.2, -0.15) is 0 Å². The van der Waals surface area contributed by atoms with E-state index in [1.54, 1.807) is 0 Å². The van der Waals surface area contributed by atoms with Crippen LogP contribution in [-0.4, -0.2) is 24.7 Å². The Balaban J connectivity index is 1.93. The lowest BCUT2D eigenvalue weighted by molar-refractivity contribution is 0.267. The molecule has 0 bridgehead atoms. The maximum atomic E-state index is 13.5. The Hall–Kier alpha value is -1.23. The quantitative estimate of drug-likeness (QED) is 0.839. The standard InChI is InChI=1S/C16H21F3N2/c1-2-11-9-20-16(5-3-4-6-16)10-21(11)12-7-13(17)15(19)14(18)8-12/h7-8,11,20H,2-6,9-10H2,1H3. The molecule has 3 rings (SSSR count). The largest absolute Gasteiger partial charge is 0.365 e. The fraction of sp³-hybridized carbons (Fsp3) is 0.625. The van der Waals surface area contributed by atoms with E-state index in [9.17, 15) is 13.2 Å². The zero-order chi connectivity index (χ0) is 15.0. The third-order valence-corrected chi connectivity index (χ3v) is 4.96. The van der Waals surface area contributed by atoms with Crippen molar-refractivity contribution in [1.82, 2.24) is 5.32 Å². The van der Waals surface area contributed by atoms with Gasteiger partial charge in [0.25, 0.3) is 0 Å². The van der Waals surface area contributed by atoms with E-state index in [2.05, 4.69) is 12.2 Å². The first-order chi connectivity index (χ1) is 10.0. The van der Waals surface area contributed by atoms with Crippen molar-refractivity contribution in [2.75, 3.05) is 18.0 Å². The fourth-order valence-corrected chi connectivity index (χ4v) is 3.72. The fourth-order valence-electron chi connectivity index (χ4n) is 3.72. The van der Waals surface area contributed by atoms with Crippen molar-refractivity contribution in [3.63, 3.8) is 0 Å². The van der Waals surface area contributed by atoms with Gasteiger partial charge in [0, 0.05) is 42.5 Å². The van der Waals surface area contributed by atoms with Crippen molar-refractivity contribution >= 4 is 5.69 Å². The van der Waals surface area contributed by atoms with Crippen LogP contribution in [0, 0.1) is 17.5 Å². The Labute approximate surface area is 123 Å². The van der Waals surface area contributed by atoms with E-state index in [0.29, 0.717) is 5.69 Å². The number of piperazine rings is 1. The summed E-state index contributed by atoms with van der Waals surface area (Å²) in [4.78, 5) is 2.05. The molecule has 0 aromatic heterocycles. The topological polar surface area (TPSA) is 15.3 Å². The van der Waals surface area contributed by atoms with E-state index in [-0.39, 0.29) is 11.6 Å². The number of nitrogens with zero attached hydrogens (tertiary/aromatic N) is 1. The molecule has 1 N–H and O–H groups in total. The highest BCUT2D eigenvalue weighted by atomic mass is 19.2. The zero-order valence-corrected chi connectivity index (χ0v) is 12.3. The van der Waals surface area contributed by atoms with E-state index in [0.717, 1.165) is 44.5 Å². The summed E-state index contributed by atoms with van der Waals surface area (Å²) in [5.74, 6) is -3.62. The molecule has 1 spiro atoms. The van der Waals surface area contributed by atoms with Gasteiger partial charge in [0.2, 0.25) is 0 Å². The maximum Gasteiger partial charge on any atom is 0.194 e. The SMILES string of the molecule is CCC1CNC2(CCCC2)CN1c1cc(F)c(F)c(F)c1. The number of anilines is 1. The summed E-state index contributed by atoms with van der Waals surface area (Å²) in [6.45, 7) is 3.59. The van der Waals surface area contributed by atoms with Crippen LogP contribution in [0.2, 0.25) is 0 Å². The monoisotopic (exact) mass is 298 g/mol. The minimum atomic E-state index is -1.39. The first kappa shape index (κ1) is 14.7. The Kier molecular flexibility index (Phi) is 3.86. The molecule has 2 aliphatic rings. The van der Waals surface area contributed by atoms with E-state index < -0.39 is 17.5 Å². The number of halogens is 3. The highest BCUT2D eigenvalue weighted by molar-refractivity contribution is 5.50. The average molecular weight is 298 g/mol. The van der Waals surface area contributed by atoms with Crippen LogP contribution >= 0.6 is 0 Å². The zero-order valence-electron chi connectivity index (χ0n) is 12.3. The third-order valence-electron chi connectivity index (χ3n) is 4.96. The van der Waals surface area contributed by atoms with Gasteiger partial charge in [-0.3, -0.25) is 0 Å². The minimum absolute atomic E-state index is 0.0486. The van der Waals surface area contributed by atoms with Crippen molar-refractivity contribution in [2.45, 2.75) is 50.6 Å². The Morgan fingerprint density at radius 2 is 1.81 bits per heavy atom. The van der Waals surface area contributed by atoms with Crippen LogP contribution in [0.25, 0.3) is 0 Å². The molecule has 2 nitrogen and oxygen atoms in total. The van der Waals surface area contributed by atoms with Crippen LogP contribution in [0.15, 0.2) is 12.1 Å². The normalized spacial score (nSPS) is 24.8. The molecule has 1 saturated heterocycles. The van der Waals surface area contributed by atoms with E-state index in [1.165, 1.54) is 12.8 Å². The number of rotatable bonds is 2. The number of hydrogen-bond acceptors (Lipinski definition) is 2. The number of hydrogen-bond donors (Lipinski definition) is 1. The molecule has 2 fully saturated rings. The van der Waals surface area contributed by atoms with Crippen LogP contribution in [0.1, 0.15) is 39.0 Å². The van der Waals surface area contributed by atoms with Crippen molar-refractivity contribution < 1.29 is 13.2 Å². The molecule has 1 saturated carbocycles. The molecule has 5 heteroatoms. The molecule has 1 aliphatic heterocycles. The molecule has 1 atom stereocenters. The molecule has 116 valence electrons. The lowest BCUT2D eigenvalue weighted by Crippen LogP contribution is -2.63. The van der Waals surface area contributed by atoms with Crippen molar-refractivity contribution in [3.8, 4) is 0 Å². The minimum Gasteiger partial charge on any atom is -0.365 e. The smallest absolute Gasteiger partial charge is 0.194 e. The molecular formula is C16H21F3N2. The lowest BCUT2D eigenvalue weighted by atomic mass is 9.91. The number of benzene rings is 1. The molecule has 1 aromatic carbocycles. The second-order valence-corrected chi connectivity index (χ2v) is 6.28. The lowest BCUT2D eigenvalue weighted by Gasteiger charge is -2.47. The predicted octanol–water partition coefficient (Wildman–Crippen LogP) is 3.60. The van der Waals surface area contributed by atoms with Crippen LogP contribution < -0.4 is 10.2 Å². The van der Waals surface area contributed by atoms with Gasteiger partial charge in [-0.1, -0.05) is 19.8 Å². The first-order valence-electron chi connectivity index (χ1n) is 7.71. The number of nitrogens with one attached hydrogen (secondary N) is 1. The highest BCUT2D eigenvalue weighted by Crippen LogP contribution is 2.36. The summed E-state index contributed by atoms with van der Waals surface area (Å²) in [5.41, 5.74) is 0.499. The summed E-state index contributed by atoms with van der Waals surface area (Å²) in [6.07, 6.45) is 5.43. The summed E-state index contributed by atoms with van der Waals surface area (Å²) < 4.78 is 40.2. The van der Waals surface area contributed by atoms with Crippen LogP contribution in [0.4, 0.5) is 18.9 Å². The summed E-state index contributed by atoms with van der Waals surface area (Å²) in [7, 11) is 0.